The van der Waals surface area contributed by atoms with Gasteiger partial charge in [0.15, 0.2) is 0 Å². The van der Waals surface area contributed by atoms with Gasteiger partial charge < -0.3 is 15.3 Å². The van der Waals surface area contributed by atoms with Crippen LogP contribution in [0.25, 0.3) is 0 Å². The number of carbonyl (C=O) groups is 1. The van der Waals surface area contributed by atoms with Crippen LogP contribution in [0.2, 0.25) is 0 Å². The number of hydrogen-bond acceptors (Lipinski definition) is 2. The topological polar surface area (TPSA) is 52.6 Å². The van der Waals surface area contributed by atoms with Gasteiger partial charge in [0.2, 0.25) is 0 Å². The molecule has 0 aromatic heterocycles. The van der Waals surface area contributed by atoms with E-state index in [9.17, 15) is 18.0 Å². The van der Waals surface area contributed by atoms with E-state index in [1.807, 2.05) is 5.32 Å². The normalized spacial score (nSPS) is 17.2. The van der Waals surface area contributed by atoms with E-state index in [2.05, 4.69) is 0 Å². The molecule has 0 heterocycles. The highest BCUT2D eigenvalue weighted by atomic mass is 19.4. The van der Waals surface area contributed by atoms with Crippen molar-refractivity contribution in [2.24, 2.45) is 0 Å². The highest BCUT2D eigenvalue weighted by Gasteiger charge is 2.31. The number of aliphatic hydroxyl groups is 1. The Hall–Kier alpha value is -0.980. The molecule has 2 N–H and O–H groups in total. The standard InChI is InChI=1S/C10H17F3N2O2/c11-10(12,13)7-14-9(17)15(5-6-16)8-3-1-2-4-8/h8,16H,1-7H2,(H,14,17). The van der Waals surface area contributed by atoms with Crippen molar-refractivity contribution in [2.45, 2.75) is 37.9 Å². The SMILES string of the molecule is O=C(NCC(F)(F)F)N(CCO)C1CCCC1. The summed E-state index contributed by atoms with van der Waals surface area (Å²) in [5, 5.41) is 10.7. The zero-order valence-corrected chi connectivity index (χ0v) is 9.46. The van der Waals surface area contributed by atoms with Gasteiger partial charge in [0.1, 0.15) is 6.54 Å². The third kappa shape index (κ3) is 4.80. The van der Waals surface area contributed by atoms with Crippen LogP contribution in [0.5, 0.6) is 0 Å². The second kappa shape index (κ2) is 6.09. The number of rotatable bonds is 4. The molecule has 17 heavy (non-hydrogen) atoms. The van der Waals surface area contributed by atoms with Crippen molar-refractivity contribution in [2.75, 3.05) is 19.7 Å². The molecule has 0 atom stereocenters. The van der Waals surface area contributed by atoms with E-state index in [1.54, 1.807) is 0 Å². The van der Waals surface area contributed by atoms with Crippen LogP contribution in [-0.4, -0.2) is 48.0 Å². The molecule has 0 bridgehead atoms. The number of alkyl halides is 3. The van der Waals surface area contributed by atoms with Gasteiger partial charge in [-0.3, -0.25) is 0 Å². The van der Waals surface area contributed by atoms with Gasteiger partial charge in [-0.2, -0.15) is 13.2 Å². The second-order valence-electron chi connectivity index (χ2n) is 4.13. The first-order chi connectivity index (χ1) is 7.94. The number of nitrogens with one attached hydrogen (secondary N) is 1. The fraction of sp³-hybridized carbons (Fsp3) is 0.900. The number of urea groups is 1. The highest BCUT2D eigenvalue weighted by Crippen LogP contribution is 2.23. The molecule has 1 aliphatic rings. The largest absolute Gasteiger partial charge is 0.405 e. The first-order valence-electron chi connectivity index (χ1n) is 5.66. The van der Waals surface area contributed by atoms with Crippen LogP contribution in [0.1, 0.15) is 25.7 Å². The molecule has 1 saturated carbocycles. The zero-order chi connectivity index (χ0) is 12.9. The molecule has 0 aromatic carbocycles. The summed E-state index contributed by atoms with van der Waals surface area (Å²) in [4.78, 5) is 12.9. The van der Waals surface area contributed by atoms with Crippen molar-refractivity contribution in [3.63, 3.8) is 0 Å². The molecule has 1 fully saturated rings. The predicted molar refractivity (Wildman–Crippen MR) is 55.5 cm³/mol. The molecule has 7 heteroatoms. The minimum absolute atomic E-state index is 0.0459. The van der Waals surface area contributed by atoms with Gasteiger partial charge >= 0.3 is 12.2 Å². The lowest BCUT2D eigenvalue weighted by Crippen LogP contribution is -2.48. The van der Waals surface area contributed by atoms with Gasteiger partial charge in [-0.05, 0) is 12.8 Å². The van der Waals surface area contributed by atoms with Gasteiger partial charge in [0.25, 0.3) is 0 Å². The van der Waals surface area contributed by atoms with Crippen LogP contribution in [0.3, 0.4) is 0 Å². The number of hydrogen-bond donors (Lipinski definition) is 2. The molecular formula is C10H17F3N2O2. The maximum atomic E-state index is 12.0. The lowest BCUT2D eigenvalue weighted by molar-refractivity contribution is -0.123. The molecule has 1 rings (SSSR count). The minimum Gasteiger partial charge on any atom is -0.395 e. The van der Waals surface area contributed by atoms with Gasteiger partial charge in [-0.25, -0.2) is 4.79 Å². The summed E-state index contributed by atoms with van der Waals surface area (Å²) in [6.45, 7) is -1.50. The van der Waals surface area contributed by atoms with Crippen LogP contribution >= 0.6 is 0 Å². The molecular weight excluding hydrogens is 237 g/mol. The molecule has 0 aromatic rings. The summed E-state index contributed by atoms with van der Waals surface area (Å²) in [5.41, 5.74) is 0. The third-order valence-electron chi connectivity index (χ3n) is 2.81. The number of aliphatic hydroxyl groups excluding tert-OH is 1. The number of amides is 2. The van der Waals surface area contributed by atoms with Crippen molar-refractivity contribution in [3.05, 3.63) is 0 Å². The van der Waals surface area contributed by atoms with Crippen LogP contribution < -0.4 is 5.32 Å². The molecule has 0 saturated heterocycles. The maximum absolute atomic E-state index is 12.0. The second-order valence-corrected chi connectivity index (χ2v) is 4.13. The highest BCUT2D eigenvalue weighted by molar-refractivity contribution is 5.74. The Bertz CT molecular complexity index is 252. The molecule has 100 valence electrons. The summed E-state index contributed by atoms with van der Waals surface area (Å²) in [6, 6.07) is -0.793. The van der Waals surface area contributed by atoms with E-state index in [-0.39, 0.29) is 19.2 Å². The summed E-state index contributed by atoms with van der Waals surface area (Å²) in [5.74, 6) is 0. The van der Waals surface area contributed by atoms with Crippen LogP contribution in [0, 0.1) is 0 Å². The van der Waals surface area contributed by atoms with E-state index < -0.39 is 18.8 Å². The van der Waals surface area contributed by atoms with E-state index in [0.717, 1.165) is 25.7 Å². The molecule has 1 aliphatic carbocycles. The molecule has 0 spiro atoms. The fourth-order valence-electron chi connectivity index (χ4n) is 2.05. The Morgan fingerprint density at radius 1 is 1.35 bits per heavy atom. The summed E-state index contributed by atoms with van der Waals surface area (Å²) < 4.78 is 35.9. The van der Waals surface area contributed by atoms with E-state index >= 15 is 0 Å². The number of halogens is 3. The maximum Gasteiger partial charge on any atom is 0.405 e. The first-order valence-corrected chi connectivity index (χ1v) is 5.66. The average molecular weight is 254 g/mol. The predicted octanol–water partition coefficient (Wildman–Crippen LogP) is 1.50. The lowest BCUT2D eigenvalue weighted by atomic mass is 10.2. The van der Waals surface area contributed by atoms with Crippen molar-refractivity contribution in [3.8, 4) is 0 Å². The lowest BCUT2D eigenvalue weighted by Gasteiger charge is -2.28. The van der Waals surface area contributed by atoms with E-state index in [4.69, 9.17) is 5.11 Å². The fourth-order valence-corrected chi connectivity index (χ4v) is 2.05. The molecule has 2 amide bonds. The summed E-state index contributed by atoms with van der Waals surface area (Å²) >= 11 is 0. The molecule has 0 radical (unpaired) electrons. The van der Waals surface area contributed by atoms with Gasteiger partial charge in [0, 0.05) is 12.6 Å². The Kier molecular flexibility index (Phi) is 5.04. The van der Waals surface area contributed by atoms with Crippen molar-refractivity contribution in [1.29, 1.82) is 0 Å². The molecule has 0 unspecified atom stereocenters. The average Bonchev–Trinajstić information content (AvgIpc) is 2.74. The smallest absolute Gasteiger partial charge is 0.395 e. The number of nitrogens with zero attached hydrogens (tertiary/aromatic N) is 1. The monoisotopic (exact) mass is 254 g/mol. The minimum atomic E-state index is -4.41. The first kappa shape index (κ1) is 14.1. The van der Waals surface area contributed by atoms with E-state index in [0.29, 0.717) is 0 Å². The van der Waals surface area contributed by atoms with Gasteiger partial charge in [0.05, 0.1) is 6.61 Å². The van der Waals surface area contributed by atoms with Crippen LogP contribution in [0.15, 0.2) is 0 Å². The van der Waals surface area contributed by atoms with Crippen molar-refractivity contribution < 1.29 is 23.1 Å². The van der Waals surface area contributed by atoms with Gasteiger partial charge in [-0.15, -0.1) is 0 Å². The zero-order valence-electron chi connectivity index (χ0n) is 9.46. The van der Waals surface area contributed by atoms with Crippen molar-refractivity contribution >= 4 is 6.03 Å². The van der Waals surface area contributed by atoms with Crippen LogP contribution in [-0.2, 0) is 0 Å². The van der Waals surface area contributed by atoms with Gasteiger partial charge in [-0.1, -0.05) is 12.8 Å². The summed E-state index contributed by atoms with van der Waals surface area (Å²) in [7, 11) is 0. The quantitative estimate of drug-likeness (QED) is 0.798. The Balaban J connectivity index is 2.48. The number of carbonyl (C=O) groups excluding carboxylic acids is 1. The van der Waals surface area contributed by atoms with E-state index in [1.165, 1.54) is 4.90 Å². The third-order valence-corrected chi connectivity index (χ3v) is 2.81. The van der Waals surface area contributed by atoms with Crippen LogP contribution in [0.4, 0.5) is 18.0 Å². The Morgan fingerprint density at radius 3 is 2.41 bits per heavy atom. The summed E-state index contributed by atoms with van der Waals surface area (Å²) in [6.07, 6.45) is -0.882. The Labute approximate surface area is 97.8 Å². The molecule has 0 aliphatic heterocycles. The Morgan fingerprint density at radius 2 is 1.94 bits per heavy atom. The van der Waals surface area contributed by atoms with Crippen molar-refractivity contribution in [1.82, 2.24) is 10.2 Å². The molecule has 4 nitrogen and oxygen atoms in total.